The Balaban J connectivity index is 1.83. The summed E-state index contributed by atoms with van der Waals surface area (Å²) >= 11 is 0. The van der Waals surface area contributed by atoms with E-state index < -0.39 is 11.2 Å². The number of amides is 1. The van der Waals surface area contributed by atoms with Crippen LogP contribution in [0.2, 0.25) is 0 Å². The molecule has 0 bridgehead atoms. The van der Waals surface area contributed by atoms with Crippen molar-refractivity contribution in [3.8, 4) is 11.4 Å². The van der Waals surface area contributed by atoms with Crippen LogP contribution in [-0.4, -0.2) is 42.5 Å². The lowest BCUT2D eigenvalue weighted by Crippen LogP contribution is -2.33. The highest BCUT2D eigenvalue weighted by molar-refractivity contribution is 5.95. The van der Waals surface area contributed by atoms with E-state index in [-0.39, 0.29) is 11.9 Å². The predicted octanol–water partition coefficient (Wildman–Crippen LogP) is 1.25. The zero-order valence-corrected chi connectivity index (χ0v) is 15.5. The Labute approximate surface area is 155 Å². The predicted molar refractivity (Wildman–Crippen MR) is 102 cm³/mol. The molecule has 1 aliphatic heterocycles. The van der Waals surface area contributed by atoms with Gasteiger partial charge in [-0.25, -0.2) is 9.78 Å². The lowest BCUT2D eigenvalue weighted by atomic mass is 10.1. The largest absolute Gasteiger partial charge is 0.336 e. The number of rotatable bonds is 2. The number of nitrogens with zero attached hydrogens (tertiary/aromatic N) is 4. The van der Waals surface area contributed by atoms with E-state index in [0.29, 0.717) is 22.6 Å². The smallest absolute Gasteiger partial charge is 0.329 e. The molecule has 0 radical (unpaired) electrons. The van der Waals surface area contributed by atoms with Gasteiger partial charge in [-0.2, -0.15) is 0 Å². The van der Waals surface area contributed by atoms with Gasteiger partial charge in [-0.3, -0.25) is 19.1 Å². The SMILES string of the molecule is C[C@@H]1CCCN1C(=O)c1cccc(-c2nc3c(c(=O)[nH]c(=O)n3C)n2C)c1. The van der Waals surface area contributed by atoms with E-state index in [9.17, 15) is 14.4 Å². The first-order chi connectivity index (χ1) is 12.9. The average Bonchev–Trinajstić information content (AvgIpc) is 3.23. The molecule has 2 aromatic heterocycles. The summed E-state index contributed by atoms with van der Waals surface area (Å²) in [6.07, 6.45) is 2.04. The molecule has 4 rings (SSSR count). The van der Waals surface area contributed by atoms with E-state index in [1.807, 2.05) is 17.0 Å². The van der Waals surface area contributed by atoms with Crippen molar-refractivity contribution in [2.75, 3.05) is 6.54 Å². The number of hydrogen-bond acceptors (Lipinski definition) is 4. The number of imidazole rings is 1. The van der Waals surface area contributed by atoms with Crippen LogP contribution < -0.4 is 11.2 Å². The van der Waals surface area contributed by atoms with Crippen LogP contribution >= 0.6 is 0 Å². The normalized spacial score (nSPS) is 17.0. The van der Waals surface area contributed by atoms with Gasteiger partial charge in [0.15, 0.2) is 11.2 Å². The molecule has 1 aliphatic rings. The van der Waals surface area contributed by atoms with Gasteiger partial charge in [-0.05, 0) is 31.9 Å². The molecule has 0 spiro atoms. The molecule has 3 heterocycles. The van der Waals surface area contributed by atoms with E-state index in [1.165, 1.54) is 4.57 Å². The maximum Gasteiger partial charge on any atom is 0.329 e. The van der Waals surface area contributed by atoms with Gasteiger partial charge in [0.25, 0.3) is 11.5 Å². The fourth-order valence-electron chi connectivity index (χ4n) is 3.76. The van der Waals surface area contributed by atoms with Gasteiger partial charge in [0.2, 0.25) is 0 Å². The third kappa shape index (κ3) is 2.68. The van der Waals surface area contributed by atoms with E-state index in [1.54, 1.807) is 30.8 Å². The van der Waals surface area contributed by atoms with E-state index in [4.69, 9.17) is 0 Å². The maximum atomic E-state index is 12.8. The topological polar surface area (TPSA) is 93.0 Å². The van der Waals surface area contributed by atoms with E-state index in [0.717, 1.165) is 24.9 Å². The van der Waals surface area contributed by atoms with Crippen molar-refractivity contribution >= 4 is 17.1 Å². The van der Waals surface area contributed by atoms with Crippen LogP contribution in [0.3, 0.4) is 0 Å². The van der Waals surface area contributed by atoms with E-state index in [2.05, 4.69) is 16.9 Å². The van der Waals surface area contributed by atoms with Crippen molar-refractivity contribution in [3.63, 3.8) is 0 Å². The van der Waals surface area contributed by atoms with Crippen LogP contribution in [0.25, 0.3) is 22.6 Å². The number of H-pyrrole nitrogens is 1. The van der Waals surface area contributed by atoms with Crippen LogP contribution in [0.5, 0.6) is 0 Å². The third-order valence-corrected chi connectivity index (χ3v) is 5.32. The number of aromatic nitrogens is 4. The number of aryl methyl sites for hydroxylation is 2. The number of carbonyl (C=O) groups is 1. The van der Waals surface area contributed by atoms with Gasteiger partial charge < -0.3 is 9.47 Å². The van der Waals surface area contributed by atoms with Crippen molar-refractivity contribution < 1.29 is 4.79 Å². The Morgan fingerprint density at radius 3 is 2.70 bits per heavy atom. The summed E-state index contributed by atoms with van der Waals surface area (Å²) in [7, 11) is 3.29. The van der Waals surface area contributed by atoms with Gasteiger partial charge in [0.1, 0.15) is 5.82 Å². The molecule has 0 unspecified atom stereocenters. The lowest BCUT2D eigenvalue weighted by Gasteiger charge is -2.21. The van der Waals surface area contributed by atoms with Crippen molar-refractivity contribution in [1.82, 2.24) is 24.0 Å². The first-order valence-corrected chi connectivity index (χ1v) is 8.95. The minimum atomic E-state index is -0.510. The second-order valence-corrected chi connectivity index (χ2v) is 7.06. The molecule has 8 nitrogen and oxygen atoms in total. The van der Waals surface area contributed by atoms with Crippen LogP contribution in [-0.2, 0) is 14.1 Å². The van der Waals surface area contributed by atoms with Gasteiger partial charge in [-0.1, -0.05) is 12.1 Å². The van der Waals surface area contributed by atoms with Crippen molar-refractivity contribution in [1.29, 1.82) is 0 Å². The van der Waals surface area contributed by atoms with Crippen molar-refractivity contribution in [2.45, 2.75) is 25.8 Å². The number of benzene rings is 1. The summed E-state index contributed by atoms with van der Waals surface area (Å²) in [5, 5.41) is 0. The van der Waals surface area contributed by atoms with Gasteiger partial charge >= 0.3 is 5.69 Å². The van der Waals surface area contributed by atoms with Crippen molar-refractivity contribution in [3.05, 3.63) is 50.7 Å². The van der Waals surface area contributed by atoms with Gasteiger partial charge in [0.05, 0.1) is 0 Å². The van der Waals surface area contributed by atoms with Gasteiger partial charge in [-0.15, -0.1) is 0 Å². The maximum absolute atomic E-state index is 12.8. The molecule has 0 saturated carbocycles. The summed E-state index contributed by atoms with van der Waals surface area (Å²) < 4.78 is 2.96. The zero-order chi connectivity index (χ0) is 19.3. The Hall–Kier alpha value is -3.16. The summed E-state index contributed by atoms with van der Waals surface area (Å²) in [5.74, 6) is 0.534. The molecular formula is C19H21N5O3. The molecule has 140 valence electrons. The Bertz CT molecular complexity index is 1170. The van der Waals surface area contributed by atoms with Crippen LogP contribution in [0, 0.1) is 0 Å². The highest BCUT2D eigenvalue weighted by atomic mass is 16.2. The minimum Gasteiger partial charge on any atom is -0.336 e. The Morgan fingerprint density at radius 1 is 1.22 bits per heavy atom. The molecule has 1 saturated heterocycles. The molecule has 1 N–H and O–H groups in total. The summed E-state index contributed by atoms with van der Waals surface area (Å²) in [6.45, 7) is 2.83. The number of fused-ring (bicyclic) bond motifs is 1. The van der Waals surface area contributed by atoms with Gasteiger partial charge in [0, 0.05) is 37.8 Å². The number of carbonyl (C=O) groups excluding carboxylic acids is 1. The summed E-state index contributed by atoms with van der Waals surface area (Å²) in [6, 6.07) is 7.48. The van der Waals surface area contributed by atoms with Crippen molar-refractivity contribution in [2.24, 2.45) is 14.1 Å². The van der Waals surface area contributed by atoms with Crippen LogP contribution in [0.4, 0.5) is 0 Å². The fraction of sp³-hybridized carbons (Fsp3) is 0.368. The fourth-order valence-corrected chi connectivity index (χ4v) is 3.76. The standard InChI is InChI=1S/C19H21N5O3/c1-11-6-5-9-24(11)18(26)13-8-4-7-12(10-13)15-20-16-14(22(15)2)17(25)21-19(27)23(16)3/h4,7-8,10-11H,5-6,9H2,1-3H3,(H,21,25,27)/t11-/m1/s1. The van der Waals surface area contributed by atoms with Crippen LogP contribution in [0.1, 0.15) is 30.1 Å². The first kappa shape index (κ1) is 17.3. The Morgan fingerprint density at radius 2 is 2.00 bits per heavy atom. The van der Waals surface area contributed by atoms with Crippen LogP contribution in [0.15, 0.2) is 33.9 Å². The second kappa shape index (κ2) is 6.22. The summed E-state index contributed by atoms with van der Waals surface area (Å²) in [4.78, 5) is 45.6. The van der Waals surface area contributed by atoms with E-state index >= 15 is 0 Å². The number of nitrogens with one attached hydrogen (secondary N) is 1. The molecule has 27 heavy (non-hydrogen) atoms. The number of aromatic amines is 1. The average molecular weight is 367 g/mol. The summed E-state index contributed by atoms with van der Waals surface area (Å²) in [5.41, 5.74) is 0.953. The molecule has 8 heteroatoms. The molecule has 1 aromatic carbocycles. The quantitative estimate of drug-likeness (QED) is 0.738. The molecule has 1 fully saturated rings. The Kier molecular flexibility index (Phi) is 3.98. The molecule has 3 aromatic rings. The first-order valence-electron chi connectivity index (χ1n) is 8.95. The zero-order valence-electron chi connectivity index (χ0n) is 15.5. The highest BCUT2D eigenvalue weighted by Crippen LogP contribution is 2.24. The molecular weight excluding hydrogens is 346 g/mol. The molecule has 1 amide bonds. The monoisotopic (exact) mass is 367 g/mol. The third-order valence-electron chi connectivity index (χ3n) is 5.32. The number of likely N-dealkylation sites (tertiary alicyclic amines) is 1. The number of hydrogen-bond donors (Lipinski definition) is 1. The molecule has 1 atom stereocenters. The highest BCUT2D eigenvalue weighted by Gasteiger charge is 2.26. The minimum absolute atomic E-state index is 0.00543. The molecule has 0 aliphatic carbocycles. The second-order valence-electron chi connectivity index (χ2n) is 7.06. The lowest BCUT2D eigenvalue weighted by molar-refractivity contribution is 0.0747.